The number of imidazole rings is 1. The van der Waals surface area contributed by atoms with E-state index in [0.717, 1.165) is 0 Å². The van der Waals surface area contributed by atoms with Gasteiger partial charge >= 0.3 is 20.6 Å². The Morgan fingerprint density at radius 1 is 1.11 bits per heavy atom. The van der Waals surface area contributed by atoms with Crippen LogP contribution < -0.4 is 16.0 Å². The molecule has 19 heteroatoms. The second kappa shape index (κ2) is 20.6. The molecule has 1 aliphatic rings. The molecule has 1 saturated heterocycles. The second-order valence-electron chi connectivity index (χ2n) is 13.2. The predicted molar refractivity (Wildman–Crippen MR) is 208 cm³/mol. The van der Waals surface area contributed by atoms with Gasteiger partial charge in [0, 0.05) is 51.3 Å². The van der Waals surface area contributed by atoms with Crippen molar-refractivity contribution in [1.29, 1.82) is 0 Å². The van der Waals surface area contributed by atoms with E-state index in [0.29, 0.717) is 62.4 Å². The summed E-state index contributed by atoms with van der Waals surface area (Å²) in [4.78, 5) is 47.0. The van der Waals surface area contributed by atoms with Crippen LogP contribution in [0.1, 0.15) is 98.5 Å². The SMILES string of the molecule is [2H]C[C@H]1O[C@@H](n2c(NCCCCCCNC(=O)C(F)(F)F)nc3c(NC(=O)c4ccccc4)nc(/N=C\C)nc32)CC1OP(O/C=N/CC)N(C(C)C)C(C)C. The molecule has 1 aromatic carbocycles. The van der Waals surface area contributed by atoms with Crippen molar-refractivity contribution in [2.45, 2.75) is 117 Å². The summed E-state index contributed by atoms with van der Waals surface area (Å²) in [5, 5.41) is 8.10. The Morgan fingerprint density at radius 2 is 1.82 bits per heavy atom. The fourth-order valence-corrected chi connectivity index (χ4v) is 7.46. The molecule has 0 aliphatic carbocycles. The number of rotatable bonds is 20. The Morgan fingerprint density at radius 3 is 2.45 bits per heavy atom. The summed E-state index contributed by atoms with van der Waals surface area (Å²) in [5.74, 6) is -1.80. The largest absolute Gasteiger partial charge is 0.471 e. The number of ether oxygens (including phenoxy) is 1. The third-order valence-corrected chi connectivity index (χ3v) is 10.3. The number of unbranched alkanes of at least 4 members (excludes halogenated alkanes) is 3. The quantitative estimate of drug-likeness (QED) is 0.0449. The molecule has 55 heavy (non-hydrogen) atoms. The van der Waals surface area contributed by atoms with Crippen LogP contribution in [-0.2, 0) is 18.6 Å². The number of carbonyl (C=O) groups excluding carboxylic acids is 2. The average Bonchev–Trinajstić information content (AvgIpc) is 3.72. The van der Waals surface area contributed by atoms with Crippen molar-refractivity contribution in [2.24, 2.45) is 9.98 Å². The molecule has 2 amide bonds. The van der Waals surface area contributed by atoms with Crippen molar-refractivity contribution in [3.8, 4) is 0 Å². The van der Waals surface area contributed by atoms with Gasteiger partial charge in [0.15, 0.2) is 23.4 Å². The van der Waals surface area contributed by atoms with Crippen molar-refractivity contribution in [1.82, 2.24) is 29.5 Å². The molecule has 3 N–H and O–H groups in total. The summed E-state index contributed by atoms with van der Waals surface area (Å²) in [6, 6.07) is 8.81. The Balaban J connectivity index is 1.65. The van der Waals surface area contributed by atoms with Gasteiger partial charge in [-0.25, -0.2) is 14.6 Å². The van der Waals surface area contributed by atoms with Gasteiger partial charge in [0.05, 0.1) is 12.2 Å². The summed E-state index contributed by atoms with van der Waals surface area (Å²) in [6.45, 7) is 12.6. The van der Waals surface area contributed by atoms with Crippen molar-refractivity contribution >= 4 is 61.8 Å². The van der Waals surface area contributed by atoms with Crippen LogP contribution >= 0.6 is 8.53 Å². The number of benzene rings is 1. The third-order valence-electron chi connectivity index (χ3n) is 8.31. The monoisotopic (exact) mass is 793 g/mol. The molecule has 0 radical (unpaired) electrons. The summed E-state index contributed by atoms with van der Waals surface area (Å²) >= 11 is 0. The highest BCUT2D eigenvalue weighted by molar-refractivity contribution is 7.45. The van der Waals surface area contributed by atoms with E-state index < -0.39 is 45.0 Å². The maximum Gasteiger partial charge on any atom is 0.471 e. The maximum absolute atomic E-state index is 13.3. The lowest BCUT2D eigenvalue weighted by atomic mass is 10.2. The number of halogens is 3. The molecule has 1 fully saturated rings. The van der Waals surface area contributed by atoms with E-state index >= 15 is 0 Å². The van der Waals surface area contributed by atoms with Gasteiger partial charge in [-0.3, -0.25) is 19.1 Å². The molecular weight excluding hydrogens is 740 g/mol. The third kappa shape index (κ3) is 12.1. The molecule has 4 atom stereocenters. The molecular formula is C36H52F3N10O5P. The van der Waals surface area contributed by atoms with E-state index in [1.54, 1.807) is 41.8 Å². The molecule has 0 saturated carbocycles. The normalized spacial score (nSPS) is 18.5. The number of nitrogens with one attached hydrogen (secondary N) is 3. The summed E-state index contributed by atoms with van der Waals surface area (Å²) < 4.78 is 69.0. The maximum atomic E-state index is 13.3. The number of anilines is 2. The molecule has 3 heterocycles. The highest BCUT2D eigenvalue weighted by Gasteiger charge is 2.41. The Hall–Kier alpha value is -4.25. The molecule has 1 aliphatic heterocycles. The van der Waals surface area contributed by atoms with Gasteiger partial charge < -0.3 is 29.7 Å². The first-order valence-electron chi connectivity index (χ1n) is 19.1. The standard InChI is InChI=1S/C36H52F3N10O5P/c1-8-40-22-52-55(49(23(3)4)24(5)6)54-27-21-28(53-25(27)7)48-31-29(44-35(48)43-20-16-11-10-15-19-42-33(51)36(37,38)39)30(46-34(47-31)41-9-2)45-32(50)26-17-13-12-14-18-26/h9,12-14,17-18,22-25,27-28H,8,10-11,15-16,19-21H2,1-7H3,(H,42,51)(H,43,44)(H,45,46,47,50)/b40-22+,41-9-/t25-,27?,28-,55?/m1/s1/i7D. The zero-order valence-electron chi connectivity index (χ0n) is 33.0. The second-order valence-corrected chi connectivity index (χ2v) is 14.5. The van der Waals surface area contributed by atoms with Gasteiger partial charge in [-0.15, -0.1) is 0 Å². The van der Waals surface area contributed by atoms with Crippen LogP contribution in [0.3, 0.4) is 0 Å². The zero-order chi connectivity index (χ0) is 40.8. The molecule has 302 valence electrons. The van der Waals surface area contributed by atoms with E-state index in [4.69, 9.17) is 25.1 Å². The molecule has 15 nitrogen and oxygen atoms in total. The van der Waals surface area contributed by atoms with Crippen LogP contribution in [0.5, 0.6) is 0 Å². The van der Waals surface area contributed by atoms with Crippen LogP contribution in [-0.4, -0.2) is 98.7 Å². The summed E-state index contributed by atoms with van der Waals surface area (Å²) in [7, 11) is -1.64. The van der Waals surface area contributed by atoms with Crippen molar-refractivity contribution in [3.63, 3.8) is 0 Å². The highest BCUT2D eigenvalue weighted by Crippen LogP contribution is 2.50. The predicted octanol–water partition coefficient (Wildman–Crippen LogP) is 7.55. The smallest absolute Gasteiger partial charge is 0.425 e. The summed E-state index contributed by atoms with van der Waals surface area (Å²) in [6.07, 6.45) is -1.35. The first-order chi connectivity index (χ1) is 26.8. The first kappa shape index (κ1) is 41.9. The van der Waals surface area contributed by atoms with Crippen LogP contribution in [0.4, 0.5) is 30.9 Å². The van der Waals surface area contributed by atoms with E-state index in [9.17, 15) is 22.8 Å². The van der Waals surface area contributed by atoms with E-state index in [1.165, 1.54) is 12.6 Å². The minimum atomic E-state index is -4.91. The fourth-order valence-electron chi connectivity index (χ4n) is 5.84. The minimum Gasteiger partial charge on any atom is -0.425 e. The van der Waals surface area contributed by atoms with Crippen molar-refractivity contribution < 1.29 is 37.9 Å². The number of aliphatic imine (C=N–C) groups is 2. The van der Waals surface area contributed by atoms with Crippen molar-refractivity contribution in [3.05, 3.63) is 35.9 Å². The van der Waals surface area contributed by atoms with Crippen LogP contribution in [0.25, 0.3) is 11.2 Å². The number of hydrogen-bond donors (Lipinski definition) is 3. The lowest BCUT2D eigenvalue weighted by molar-refractivity contribution is -0.173. The van der Waals surface area contributed by atoms with Gasteiger partial charge in [-0.1, -0.05) is 31.0 Å². The molecule has 0 bridgehead atoms. The minimum absolute atomic E-state index is 0.0770. The van der Waals surface area contributed by atoms with E-state index in [-0.39, 0.29) is 42.8 Å². The Labute approximate surface area is 322 Å². The number of alkyl halides is 3. The molecule has 4 rings (SSSR count). The van der Waals surface area contributed by atoms with Gasteiger partial charge in [0.2, 0.25) is 5.95 Å². The van der Waals surface area contributed by atoms with Gasteiger partial charge in [-0.2, -0.15) is 23.1 Å². The van der Waals surface area contributed by atoms with Crippen LogP contribution in [0, 0.1) is 0 Å². The highest BCUT2D eigenvalue weighted by atomic mass is 31.2. The lowest BCUT2D eigenvalue weighted by Gasteiger charge is -2.36. The fraction of sp³-hybridized carbons (Fsp3) is 0.583. The van der Waals surface area contributed by atoms with E-state index in [2.05, 4.69) is 58.0 Å². The first-order valence-corrected chi connectivity index (χ1v) is 19.5. The van der Waals surface area contributed by atoms with E-state index in [1.807, 2.05) is 12.2 Å². The molecule has 0 spiro atoms. The number of nitrogens with zero attached hydrogens (tertiary/aromatic N) is 7. The van der Waals surface area contributed by atoms with Gasteiger partial charge in [0.1, 0.15) is 6.23 Å². The number of carbonyl (C=O) groups is 2. The Bertz CT molecular complexity index is 1780. The molecule has 2 unspecified atom stereocenters. The number of hydrogen-bond acceptors (Lipinski definition) is 12. The zero-order valence-corrected chi connectivity index (χ0v) is 32.9. The molecule has 3 aromatic rings. The number of aromatic nitrogens is 4. The number of fused-ring (bicyclic) bond motifs is 1. The van der Waals surface area contributed by atoms with Crippen LogP contribution in [0.2, 0.25) is 0 Å². The number of amides is 2. The summed E-state index contributed by atoms with van der Waals surface area (Å²) in [5.41, 5.74) is 1.00. The van der Waals surface area contributed by atoms with Crippen molar-refractivity contribution in [2.75, 3.05) is 30.3 Å². The lowest BCUT2D eigenvalue weighted by Crippen LogP contribution is -2.37. The average molecular weight is 794 g/mol. The van der Waals surface area contributed by atoms with Crippen LogP contribution in [0.15, 0.2) is 40.3 Å². The van der Waals surface area contributed by atoms with Gasteiger partial charge in [0.25, 0.3) is 11.9 Å². The molecule has 2 aromatic heterocycles. The Kier molecular flexibility index (Phi) is 15.7. The topological polar surface area (TPSA) is 169 Å². The van der Waals surface area contributed by atoms with Gasteiger partial charge in [-0.05, 0) is 73.4 Å².